The maximum absolute atomic E-state index is 12.1. The van der Waals surface area contributed by atoms with Gasteiger partial charge in [-0.05, 0) is 86.5 Å². The van der Waals surface area contributed by atoms with Gasteiger partial charge in [0, 0.05) is 12.3 Å². The molecule has 4 rings (SSSR count). The number of rotatable bonds is 1. The molecule has 0 aromatic heterocycles. The Morgan fingerprint density at radius 3 is 2.57 bits per heavy atom. The van der Waals surface area contributed by atoms with Crippen LogP contribution in [-0.4, -0.2) is 11.6 Å². The topological polar surface area (TPSA) is 34.1 Å². The van der Waals surface area contributed by atoms with Crippen molar-refractivity contribution in [3.8, 4) is 0 Å². The van der Waals surface area contributed by atoms with Gasteiger partial charge < -0.3 is 0 Å². The quantitative estimate of drug-likeness (QED) is 0.701. The lowest BCUT2D eigenvalue weighted by Crippen LogP contribution is -2.51. The Morgan fingerprint density at radius 2 is 1.83 bits per heavy atom. The molecule has 2 heteroatoms. The standard InChI is InChI=1S/C21H30O2/c1-13(22)17-6-7-18-16-5-4-14-12-15(23)8-10-20(14,2)19(16)9-11-21(17,18)3/h12,16-19H,4-11H2,1-3H3/t16-,17-,18+,19+,20-,21+/m1/s1. The van der Waals surface area contributed by atoms with Crippen LogP contribution in [0.5, 0.6) is 0 Å². The highest BCUT2D eigenvalue weighted by molar-refractivity contribution is 5.91. The molecule has 6 atom stereocenters. The Morgan fingerprint density at radius 1 is 1.04 bits per heavy atom. The van der Waals surface area contributed by atoms with Crippen molar-refractivity contribution in [2.45, 2.75) is 72.1 Å². The smallest absolute Gasteiger partial charge is 0.155 e. The highest BCUT2D eigenvalue weighted by atomic mass is 16.1. The van der Waals surface area contributed by atoms with Gasteiger partial charge in [-0.3, -0.25) is 9.59 Å². The Balaban J connectivity index is 1.67. The van der Waals surface area contributed by atoms with Gasteiger partial charge in [0.15, 0.2) is 5.78 Å². The molecule has 2 nitrogen and oxygen atoms in total. The molecule has 0 heterocycles. The molecule has 0 spiro atoms. The molecule has 0 N–H and O–H groups in total. The zero-order valence-electron chi connectivity index (χ0n) is 14.9. The molecule has 0 amide bonds. The van der Waals surface area contributed by atoms with Crippen molar-refractivity contribution in [3.05, 3.63) is 11.6 Å². The highest BCUT2D eigenvalue weighted by Crippen LogP contribution is 2.66. The van der Waals surface area contributed by atoms with Crippen LogP contribution in [0.25, 0.3) is 0 Å². The molecular formula is C21H30O2. The molecule has 0 radical (unpaired) electrons. The van der Waals surface area contributed by atoms with Crippen LogP contribution >= 0.6 is 0 Å². The van der Waals surface area contributed by atoms with E-state index in [4.69, 9.17) is 0 Å². The maximum Gasteiger partial charge on any atom is 0.155 e. The van der Waals surface area contributed by atoms with Gasteiger partial charge in [0.1, 0.15) is 5.78 Å². The summed E-state index contributed by atoms with van der Waals surface area (Å²) in [5, 5.41) is 0. The van der Waals surface area contributed by atoms with E-state index >= 15 is 0 Å². The number of carbonyl (C=O) groups is 2. The average Bonchev–Trinajstić information content (AvgIpc) is 2.85. The van der Waals surface area contributed by atoms with Gasteiger partial charge in [0.05, 0.1) is 0 Å². The van der Waals surface area contributed by atoms with Gasteiger partial charge >= 0.3 is 0 Å². The van der Waals surface area contributed by atoms with E-state index < -0.39 is 0 Å². The second-order valence-corrected chi connectivity index (χ2v) is 9.25. The number of carbonyl (C=O) groups excluding carboxylic acids is 2. The lowest BCUT2D eigenvalue weighted by Gasteiger charge is -2.58. The first-order valence-corrected chi connectivity index (χ1v) is 9.60. The van der Waals surface area contributed by atoms with Crippen molar-refractivity contribution in [3.63, 3.8) is 0 Å². The minimum absolute atomic E-state index is 0.245. The van der Waals surface area contributed by atoms with Gasteiger partial charge in [0.25, 0.3) is 0 Å². The first-order valence-electron chi connectivity index (χ1n) is 9.60. The third kappa shape index (κ3) is 2.06. The van der Waals surface area contributed by atoms with Crippen molar-refractivity contribution in [1.29, 1.82) is 0 Å². The minimum Gasteiger partial charge on any atom is -0.300 e. The number of Topliss-reactive ketones (excluding diaryl/α,β-unsaturated/α-hetero) is 1. The molecule has 0 aliphatic heterocycles. The Labute approximate surface area is 140 Å². The van der Waals surface area contributed by atoms with Gasteiger partial charge in [-0.1, -0.05) is 19.4 Å². The molecule has 3 saturated carbocycles. The average molecular weight is 314 g/mol. The van der Waals surface area contributed by atoms with E-state index in [2.05, 4.69) is 13.8 Å². The molecule has 0 bridgehead atoms. The molecule has 3 fully saturated rings. The van der Waals surface area contributed by atoms with Gasteiger partial charge in [-0.25, -0.2) is 0 Å². The van der Waals surface area contributed by atoms with Crippen LogP contribution in [0.2, 0.25) is 0 Å². The van der Waals surface area contributed by atoms with E-state index in [1.54, 1.807) is 6.92 Å². The zero-order valence-corrected chi connectivity index (χ0v) is 14.9. The first-order chi connectivity index (χ1) is 10.9. The highest BCUT2D eigenvalue weighted by Gasteiger charge is 2.59. The van der Waals surface area contributed by atoms with E-state index in [9.17, 15) is 9.59 Å². The number of fused-ring (bicyclic) bond motifs is 5. The molecule has 4 aliphatic rings. The summed E-state index contributed by atoms with van der Waals surface area (Å²) in [6, 6.07) is 0. The van der Waals surface area contributed by atoms with Crippen LogP contribution in [0.15, 0.2) is 11.6 Å². The fourth-order valence-electron chi connectivity index (χ4n) is 7.23. The molecule has 0 aromatic rings. The van der Waals surface area contributed by atoms with E-state index in [0.29, 0.717) is 17.5 Å². The molecule has 126 valence electrons. The lowest BCUT2D eigenvalue weighted by atomic mass is 9.47. The predicted octanol–water partition coefficient (Wildman–Crippen LogP) is 4.72. The summed E-state index contributed by atoms with van der Waals surface area (Å²) < 4.78 is 0. The fraction of sp³-hybridized carbons (Fsp3) is 0.810. The largest absolute Gasteiger partial charge is 0.300 e. The summed E-state index contributed by atoms with van der Waals surface area (Å²) in [6.07, 6.45) is 10.9. The molecule has 0 saturated heterocycles. The van der Waals surface area contributed by atoms with E-state index in [0.717, 1.165) is 43.4 Å². The normalized spacial score (nSPS) is 49.0. The van der Waals surface area contributed by atoms with Crippen molar-refractivity contribution >= 4 is 11.6 Å². The number of hydrogen-bond donors (Lipinski definition) is 0. The molecule has 0 unspecified atom stereocenters. The van der Waals surface area contributed by atoms with E-state index in [1.807, 2.05) is 6.08 Å². The van der Waals surface area contributed by atoms with Crippen LogP contribution in [-0.2, 0) is 9.59 Å². The summed E-state index contributed by atoms with van der Waals surface area (Å²) >= 11 is 0. The van der Waals surface area contributed by atoms with Gasteiger partial charge in [-0.2, -0.15) is 0 Å². The fourth-order valence-corrected chi connectivity index (χ4v) is 7.23. The Bertz CT molecular complexity index is 589. The van der Waals surface area contributed by atoms with Crippen LogP contribution < -0.4 is 0 Å². The van der Waals surface area contributed by atoms with E-state index in [1.165, 1.54) is 31.3 Å². The van der Waals surface area contributed by atoms with Crippen molar-refractivity contribution in [2.24, 2.45) is 34.5 Å². The summed E-state index contributed by atoms with van der Waals surface area (Å²) in [5.74, 6) is 3.29. The van der Waals surface area contributed by atoms with Crippen LogP contribution in [0, 0.1) is 34.5 Å². The van der Waals surface area contributed by atoms with Crippen LogP contribution in [0.1, 0.15) is 72.1 Å². The summed E-state index contributed by atoms with van der Waals surface area (Å²) in [6.45, 7) is 6.65. The predicted molar refractivity (Wildman–Crippen MR) is 90.9 cm³/mol. The molecular weight excluding hydrogens is 284 g/mol. The zero-order chi connectivity index (χ0) is 16.4. The van der Waals surface area contributed by atoms with Gasteiger partial charge in [0.2, 0.25) is 0 Å². The number of allylic oxidation sites excluding steroid dienone is 1. The number of ketones is 2. The Kier molecular flexibility index (Phi) is 3.42. The minimum atomic E-state index is 0.245. The SMILES string of the molecule is CC(=O)[C@H]1CC[C@H]2[C@H]3CCC4=CC(=O)CC[C@@]4(C)[C@H]3CC[C@@]12C. The third-order valence-electron chi connectivity index (χ3n) is 8.45. The monoisotopic (exact) mass is 314 g/mol. The maximum atomic E-state index is 12.1. The third-order valence-corrected chi connectivity index (χ3v) is 8.45. The number of hydrogen-bond acceptors (Lipinski definition) is 2. The summed E-state index contributed by atoms with van der Waals surface area (Å²) in [7, 11) is 0. The van der Waals surface area contributed by atoms with Crippen LogP contribution in [0.3, 0.4) is 0 Å². The van der Waals surface area contributed by atoms with E-state index in [-0.39, 0.29) is 10.8 Å². The van der Waals surface area contributed by atoms with Crippen molar-refractivity contribution in [2.75, 3.05) is 0 Å². The van der Waals surface area contributed by atoms with Crippen molar-refractivity contribution < 1.29 is 9.59 Å². The molecule has 23 heavy (non-hydrogen) atoms. The summed E-state index contributed by atoms with van der Waals surface area (Å²) in [5.41, 5.74) is 1.95. The first kappa shape index (κ1) is 15.6. The second kappa shape index (κ2) is 5.04. The van der Waals surface area contributed by atoms with Gasteiger partial charge in [-0.15, -0.1) is 0 Å². The Hall–Kier alpha value is -0.920. The molecule has 4 aliphatic carbocycles. The van der Waals surface area contributed by atoms with Crippen molar-refractivity contribution in [1.82, 2.24) is 0 Å². The lowest BCUT2D eigenvalue weighted by molar-refractivity contribution is -0.128. The second-order valence-electron chi connectivity index (χ2n) is 9.25. The molecule has 0 aromatic carbocycles. The summed E-state index contributed by atoms with van der Waals surface area (Å²) in [4.78, 5) is 24.0. The van der Waals surface area contributed by atoms with Crippen LogP contribution in [0.4, 0.5) is 0 Å².